The molecular weight excluding hydrogens is 224 g/mol. The van der Waals surface area contributed by atoms with Crippen molar-refractivity contribution in [2.75, 3.05) is 11.5 Å². The number of hydrogen-bond donors (Lipinski definition) is 1. The summed E-state index contributed by atoms with van der Waals surface area (Å²) in [7, 11) is 0. The van der Waals surface area contributed by atoms with Gasteiger partial charge in [0.1, 0.15) is 12.7 Å². The van der Waals surface area contributed by atoms with E-state index in [1.54, 1.807) is 22.8 Å². The maximum Gasteiger partial charge on any atom is 0.230 e. The molecule has 1 N–H and O–H groups in total. The molecule has 0 aliphatic rings. The molecule has 0 aliphatic carbocycles. The molecule has 1 amide bonds. The van der Waals surface area contributed by atoms with Crippen LogP contribution in [0.3, 0.4) is 0 Å². The van der Waals surface area contributed by atoms with Crippen LogP contribution >= 0.6 is 11.8 Å². The van der Waals surface area contributed by atoms with Crippen LogP contribution in [0.15, 0.2) is 12.7 Å². The first-order valence-corrected chi connectivity index (χ1v) is 6.57. The summed E-state index contributed by atoms with van der Waals surface area (Å²) in [6, 6.07) is 0.0800. The Morgan fingerprint density at radius 2 is 2.44 bits per heavy atom. The average Bonchev–Trinajstić information content (AvgIpc) is 2.70. The number of nitrogens with zero attached hydrogens (tertiary/aromatic N) is 3. The van der Waals surface area contributed by atoms with Crippen LogP contribution in [-0.4, -0.2) is 38.2 Å². The van der Waals surface area contributed by atoms with Crippen molar-refractivity contribution in [3.63, 3.8) is 0 Å². The van der Waals surface area contributed by atoms with E-state index < -0.39 is 0 Å². The molecule has 1 atom stereocenters. The van der Waals surface area contributed by atoms with Gasteiger partial charge in [-0.05, 0) is 19.1 Å². The van der Waals surface area contributed by atoms with E-state index >= 15 is 0 Å². The molecule has 1 aromatic heterocycles. The van der Waals surface area contributed by atoms with Gasteiger partial charge in [-0.25, -0.2) is 4.98 Å². The summed E-state index contributed by atoms with van der Waals surface area (Å²) in [5, 5.41) is 6.92. The van der Waals surface area contributed by atoms with Crippen LogP contribution < -0.4 is 5.32 Å². The Morgan fingerprint density at radius 1 is 1.62 bits per heavy atom. The molecule has 1 rings (SSSR count). The second kappa shape index (κ2) is 7.27. The smallest absolute Gasteiger partial charge is 0.230 e. The predicted molar refractivity (Wildman–Crippen MR) is 65.2 cm³/mol. The number of thioether (sulfide) groups is 1. The van der Waals surface area contributed by atoms with E-state index in [4.69, 9.17) is 0 Å². The minimum Gasteiger partial charge on any atom is -0.351 e. The summed E-state index contributed by atoms with van der Waals surface area (Å²) in [6.07, 6.45) is 4.24. The fourth-order valence-electron chi connectivity index (χ4n) is 1.28. The molecule has 6 heteroatoms. The predicted octanol–water partition coefficient (Wildman–Crippen LogP) is 0.926. The first kappa shape index (κ1) is 13.0. The number of amides is 1. The van der Waals surface area contributed by atoms with Gasteiger partial charge in [0.15, 0.2) is 0 Å². The monoisotopic (exact) mass is 242 g/mol. The van der Waals surface area contributed by atoms with E-state index in [-0.39, 0.29) is 11.9 Å². The van der Waals surface area contributed by atoms with Gasteiger partial charge in [-0.3, -0.25) is 9.48 Å². The van der Waals surface area contributed by atoms with E-state index in [9.17, 15) is 4.79 Å². The molecule has 1 aromatic rings. The van der Waals surface area contributed by atoms with Gasteiger partial charge in [0, 0.05) is 6.04 Å². The van der Waals surface area contributed by atoms with E-state index in [1.807, 2.05) is 6.92 Å². The topological polar surface area (TPSA) is 59.8 Å². The summed E-state index contributed by atoms with van der Waals surface area (Å²) in [6.45, 7) is 4.73. The van der Waals surface area contributed by atoms with Gasteiger partial charge in [0.2, 0.25) is 5.91 Å². The van der Waals surface area contributed by atoms with E-state index in [0.29, 0.717) is 12.3 Å². The highest BCUT2D eigenvalue weighted by Crippen LogP contribution is 2.01. The molecule has 0 spiro atoms. The molecule has 0 saturated heterocycles. The number of hydrogen-bond acceptors (Lipinski definition) is 4. The van der Waals surface area contributed by atoms with E-state index in [2.05, 4.69) is 22.3 Å². The summed E-state index contributed by atoms with van der Waals surface area (Å²) in [4.78, 5) is 15.3. The lowest BCUT2D eigenvalue weighted by molar-refractivity contribution is -0.119. The Balaban J connectivity index is 2.18. The van der Waals surface area contributed by atoms with Crippen molar-refractivity contribution >= 4 is 17.7 Å². The number of nitrogens with one attached hydrogen (secondary N) is 1. The van der Waals surface area contributed by atoms with Gasteiger partial charge in [-0.15, -0.1) is 0 Å². The molecule has 0 radical (unpaired) electrons. The van der Waals surface area contributed by atoms with Gasteiger partial charge >= 0.3 is 0 Å². The van der Waals surface area contributed by atoms with Crippen molar-refractivity contribution in [1.29, 1.82) is 0 Å². The van der Waals surface area contributed by atoms with Crippen molar-refractivity contribution in [2.24, 2.45) is 0 Å². The standard InChI is InChI=1S/C10H18N4OS/c1-3-4-16-6-10(15)13-9(2)5-14-8-11-7-12-14/h7-9H,3-6H2,1-2H3,(H,13,15)/t9-/m1/s1. The fourth-order valence-corrected chi connectivity index (χ4v) is 1.98. The number of aromatic nitrogens is 3. The molecule has 0 aromatic carbocycles. The van der Waals surface area contributed by atoms with Crippen molar-refractivity contribution in [2.45, 2.75) is 32.9 Å². The van der Waals surface area contributed by atoms with Crippen LogP contribution in [0.5, 0.6) is 0 Å². The fraction of sp³-hybridized carbons (Fsp3) is 0.700. The van der Waals surface area contributed by atoms with E-state index in [0.717, 1.165) is 12.2 Å². The van der Waals surface area contributed by atoms with Crippen LogP contribution in [0, 0.1) is 0 Å². The highest BCUT2D eigenvalue weighted by atomic mass is 32.2. The van der Waals surface area contributed by atoms with Gasteiger partial charge in [0.05, 0.1) is 12.3 Å². The molecule has 0 saturated carbocycles. The molecular formula is C10H18N4OS. The van der Waals surface area contributed by atoms with Crippen molar-refractivity contribution in [1.82, 2.24) is 20.1 Å². The van der Waals surface area contributed by atoms with Crippen LogP contribution in [0.1, 0.15) is 20.3 Å². The average molecular weight is 242 g/mol. The zero-order valence-corrected chi connectivity index (χ0v) is 10.5. The Labute approximate surface area is 100 Å². The lowest BCUT2D eigenvalue weighted by Gasteiger charge is -2.13. The lowest BCUT2D eigenvalue weighted by Crippen LogP contribution is -2.36. The quantitative estimate of drug-likeness (QED) is 0.723. The molecule has 90 valence electrons. The molecule has 0 unspecified atom stereocenters. The first-order valence-electron chi connectivity index (χ1n) is 5.42. The van der Waals surface area contributed by atoms with Crippen LogP contribution in [0.4, 0.5) is 0 Å². The van der Waals surface area contributed by atoms with Crippen molar-refractivity contribution in [3.05, 3.63) is 12.7 Å². The number of carbonyl (C=O) groups excluding carboxylic acids is 1. The summed E-state index contributed by atoms with van der Waals surface area (Å²) < 4.78 is 1.71. The van der Waals surface area contributed by atoms with Crippen LogP contribution in [0.25, 0.3) is 0 Å². The Bertz CT molecular complexity index is 302. The zero-order chi connectivity index (χ0) is 11.8. The van der Waals surface area contributed by atoms with E-state index in [1.165, 1.54) is 6.33 Å². The molecule has 1 heterocycles. The normalized spacial score (nSPS) is 12.4. The van der Waals surface area contributed by atoms with Gasteiger partial charge < -0.3 is 5.32 Å². The number of carbonyl (C=O) groups is 1. The maximum atomic E-state index is 11.5. The minimum absolute atomic E-state index is 0.0800. The molecule has 0 bridgehead atoms. The second-order valence-corrected chi connectivity index (χ2v) is 4.74. The minimum atomic E-state index is 0.0800. The van der Waals surface area contributed by atoms with Crippen LogP contribution in [0.2, 0.25) is 0 Å². The Morgan fingerprint density at radius 3 is 3.06 bits per heavy atom. The Hall–Kier alpha value is -1.04. The highest BCUT2D eigenvalue weighted by Gasteiger charge is 2.07. The van der Waals surface area contributed by atoms with Crippen molar-refractivity contribution in [3.8, 4) is 0 Å². The van der Waals surface area contributed by atoms with Crippen LogP contribution in [-0.2, 0) is 11.3 Å². The third kappa shape index (κ3) is 5.16. The number of rotatable bonds is 7. The summed E-state index contributed by atoms with van der Waals surface area (Å²) in [5.74, 6) is 1.66. The lowest BCUT2D eigenvalue weighted by atomic mass is 10.3. The molecule has 0 fully saturated rings. The molecule has 0 aliphatic heterocycles. The van der Waals surface area contributed by atoms with Gasteiger partial charge in [-0.2, -0.15) is 16.9 Å². The SMILES string of the molecule is CCCSCC(=O)N[C@H](C)Cn1cncn1. The summed E-state index contributed by atoms with van der Waals surface area (Å²) >= 11 is 1.66. The summed E-state index contributed by atoms with van der Waals surface area (Å²) in [5.41, 5.74) is 0. The first-order chi connectivity index (χ1) is 7.72. The van der Waals surface area contributed by atoms with Gasteiger partial charge in [-0.1, -0.05) is 6.92 Å². The largest absolute Gasteiger partial charge is 0.351 e. The molecule has 16 heavy (non-hydrogen) atoms. The van der Waals surface area contributed by atoms with Gasteiger partial charge in [0.25, 0.3) is 0 Å². The second-order valence-electron chi connectivity index (χ2n) is 3.64. The van der Waals surface area contributed by atoms with Crippen molar-refractivity contribution < 1.29 is 4.79 Å². The third-order valence-corrected chi connectivity index (χ3v) is 3.08. The highest BCUT2D eigenvalue weighted by molar-refractivity contribution is 7.99. The Kier molecular flexibility index (Phi) is 5.92. The maximum absolute atomic E-state index is 11.5. The third-order valence-electron chi connectivity index (χ3n) is 1.92. The molecule has 5 nitrogen and oxygen atoms in total. The zero-order valence-electron chi connectivity index (χ0n) is 9.72.